The summed E-state index contributed by atoms with van der Waals surface area (Å²) < 4.78 is 0. The van der Waals surface area contributed by atoms with Gasteiger partial charge in [-0.15, -0.1) is 0 Å². The Morgan fingerprint density at radius 2 is 2.06 bits per heavy atom. The van der Waals surface area contributed by atoms with Crippen molar-refractivity contribution in [1.29, 1.82) is 0 Å². The van der Waals surface area contributed by atoms with Crippen molar-refractivity contribution in [3.8, 4) is 0 Å². The largest absolute Gasteiger partial charge is 0.356 e. The van der Waals surface area contributed by atoms with E-state index >= 15 is 0 Å². The third-order valence-corrected chi connectivity index (χ3v) is 4.47. The molecule has 0 bridgehead atoms. The molecule has 18 heavy (non-hydrogen) atoms. The molecule has 1 spiro atoms. The maximum atomic E-state index is 12.5. The Morgan fingerprint density at radius 1 is 1.33 bits per heavy atom. The highest BCUT2D eigenvalue weighted by Crippen LogP contribution is 2.45. The lowest BCUT2D eigenvalue weighted by Gasteiger charge is -2.46. The van der Waals surface area contributed by atoms with Crippen molar-refractivity contribution in [3.63, 3.8) is 0 Å². The highest BCUT2D eigenvalue weighted by atomic mass is 16.2. The number of benzene rings is 1. The van der Waals surface area contributed by atoms with Crippen LogP contribution in [0, 0.1) is 6.92 Å². The number of fused-ring (bicyclic) bond motifs is 1. The molecule has 1 aromatic rings. The van der Waals surface area contributed by atoms with E-state index in [0.717, 1.165) is 43.5 Å². The van der Waals surface area contributed by atoms with Gasteiger partial charge in [-0.3, -0.25) is 4.79 Å². The van der Waals surface area contributed by atoms with E-state index in [9.17, 15) is 4.79 Å². The Balaban J connectivity index is 2.15. The van der Waals surface area contributed by atoms with Gasteiger partial charge in [-0.25, -0.2) is 0 Å². The molecule has 1 aromatic carbocycles. The smallest absolute Gasteiger partial charge is 0.250 e. The van der Waals surface area contributed by atoms with Crippen LogP contribution in [-0.2, 0) is 4.79 Å². The van der Waals surface area contributed by atoms with Gasteiger partial charge in [0.25, 0.3) is 0 Å². The second-order valence-corrected chi connectivity index (χ2v) is 5.41. The summed E-state index contributed by atoms with van der Waals surface area (Å²) in [5.74, 6) is 0.198. The van der Waals surface area contributed by atoms with Crippen LogP contribution in [0.3, 0.4) is 0 Å². The lowest BCUT2D eigenvalue weighted by Crippen LogP contribution is -2.58. The molecule has 2 aliphatic rings. The number of anilines is 2. The molecule has 0 atom stereocenters. The van der Waals surface area contributed by atoms with Gasteiger partial charge in [-0.2, -0.15) is 0 Å². The molecule has 1 heterocycles. The number of amides is 1. The van der Waals surface area contributed by atoms with E-state index in [0.29, 0.717) is 0 Å². The molecule has 1 aliphatic carbocycles. The summed E-state index contributed by atoms with van der Waals surface area (Å²) in [6.07, 6.45) is 4.29. The van der Waals surface area contributed by atoms with Gasteiger partial charge in [0.1, 0.15) is 5.54 Å². The zero-order valence-electron chi connectivity index (χ0n) is 11.1. The van der Waals surface area contributed by atoms with E-state index in [1.165, 1.54) is 5.69 Å². The number of hydrogen-bond donors (Lipinski definition) is 1. The van der Waals surface area contributed by atoms with E-state index in [1.54, 1.807) is 0 Å². The maximum Gasteiger partial charge on any atom is 0.250 e. The SMILES string of the molecule is CCN1c2cccc(C)c2NC(=O)C12CCCC2. The minimum Gasteiger partial charge on any atom is -0.356 e. The number of nitrogens with zero attached hydrogens (tertiary/aromatic N) is 1. The number of aryl methyl sites for hydroxylation is 1. The van der Waals surface area contributed by atoms with E-state index in [4.69, 9.17) is 0 Å². The third-order valence-electron chi connectivity index (χ3n) is 4.47. The number of carbonyl (C=O) groups is 1. The van der Waals surface area contributed by atoms with Crippen molar-refractivity contribution < 1.29 is 4.79 Å². The van der Waals surface area contributed by atoms with Gasteiger partial charge in [0.15, 0.2) is 0 Å². The second kappa shape index (κ2) is 4.01. The van der Waals surface area contributed by atoms with Crippen LogP contribution < -0.4 is 10.2 Å². The minimum atomic E-state index is -0.282. The first-order valence-corrected chi connectivity index (χ1v) is 6.88. The highest BCUT2D eigenvalue weighted by Gasteiger charge is 2.49. The molecule has 3 rings (SSSR count). The Kier molecular flexibility index (Phi) is 2.58. The molecule has 1 saturated carbocycles. The van der Waals surface area contributed by atoms with Crippen LogP contribution in [0.25, 0.3) is 0 Å². The van der Waals surface area contributed by atoms with Gasteiger partial charge >= 0.3 is 0 Å². The monoisotopic (exact) mass is 244 g/mol. The first-order chi connectivity index (χ1) is 8.69. The third kappa shape index (κ3) is 1.39. The van der Waals surface area contributed by atoms with Crippen LogP contribution in [0.2, 0.25) is 0 Å². The van der Waals surface area contributed by atoms with Crippen LogP contribution in [0.4, 0.5) is 11.4 Å². The Bertz CT molecular complexity index is 489. The van der Waals surface area contributed by atoms with Gasteiger partial charge < -0.3 is 10.2 Å². The van der Waals surface area contributed by atoms with Crippen molar-refractivity contribution in [2.75, 3.05) is 16.8 Å². The molecular formula is C15H20N2O. The summed E-state index contributed by atoms with van der Waals surface area (Å²) in [5.41, 5.74) is 3.06. The molecule has 0 radical (unpaired) electrons. The minimum absolute atomic E-state index is 0.198. The Labute approximate surface area is 108 Å². The molecule has 96 valence electrons. The first-order valence-electron chi connectivity index (χ1n) is 6.88. The molecule has 1 N–H and O–H groups in total. The fraction of sp³-hybridized carbons (Fsp3) is 0.533. The summed E-state index contributed by atoms with van der Waals surface area (Å²) in [7, 11) is 0. The Hall–Kier alpha value is -1.51. The predicted molar refractivity (Wildman–Crippen MR) is 74.0 cm³/mol. The van der Waals surface area contributed by atoms with E-state index < -0.39 is 0 Å². The predicted octanol–water partition coefficient (Wildman–Crippen LogP) is 3.09. The van der Waals surface area contributed by atoms with Gasteiger partial charge in [0, 0.05) is 6.54 Å². The summed E-state index contributed by atoms with van der Waals surface area (Å²) >= 11 is 0. The molecular weight excluding hydrogens is 224 g/mol. The normalized spacial score (nSPS) is 21.0. The molecule has 3 nitrogen and oxygen atoms in total. The zero-order chi connectivity index (χ0) is 12.8. The fourth-order valence-corrected chi connectivity index (χ4v) is 3.55. The van der Waals surface area contributed by atoms with E-state index in [-0.39, 0.29) is 11.4 Å². The molecule has 0 aromatic heterocycles. The van der Waals surface area contributed by atoms with Crippen molar-refractivity contribution in [2.45, 2.75) is 45.1 Å². The van der Waals surface area contributed by atoms with Crippen LogP contribution in [0.15, 0.2) is 18.2 Å². The van der Waals surface area contributed by atoms with Crippen LogP contribution in [0.5, 0.6) is 0 Å². The number of rotatable bonds is 1. The maximum absolute atomic E-state index is 12.5. The molecule has 1 amide bonds. The lowest BCUT2D eigenvalue weighted by molar-refractivity contribution is -0.121. The Morgan fingerprint density at radius 3 is 2.72 bits per heavy atom. The summed E-state index contributed by atoms with van der Waals surface area (Å²) in [5, 5.41) is 3.14. The molecule has 1 fully saturated rings. The van der Waals surface area contributed by atoms with Gasteiger partial charge in [0.2, 0.25) is 5.91 Å². The number of nitrogens with one attached hydrogen (secondary N) is 1. The second-order valence-electron chi connectivity index (χ2n) is 5.41. The molecule has 0 unspecified atom stereocenters. The van der Waals surface area contributed by atoms with Gasteiger partial charge in [-0.1, -0.05) is 25.0 Å². The number of para-hydroxylation sites is 1. The summed E-state index contributed by atoms with van der Waals surface area (Å²) in [6, 6.07) is 6.27. The number of carbonyl (C=O) groups excluding carboxylic acids is 1. The topological polar surface area (TPSA) is 32.3 Å². The highest BCUT2D eigenvalue weighted by molar-refractivity contribution is 6.07. The lowest BCUT2D eigenvalue weighted by atomic mass is 9.89. The quantitative estimate of drug-likeness (QED) is 0.823. The van der Waals surface area contributed by atoms with Crippen LogP contribution in [0.1, 0.15) is 38.2 Å². The van der Waals surface area contributed by atoms with E-state index in [1.807, 2.05) is 0 Å². The van der Waals surface area contributed by atoms with Crippen molar-refractivity contribution in [1.82, 2.24) is 0 Å². The molecule has 0 saturated heterocycles. The van der Waals surface area contributed by atoms with Crippen molar-refractivity contribution in [3.05, 3.63) is 23.8 Å². The zero-order valence-corrected chi connectivity index (χ0v) is 11.1. The van der Waals surface area contributed by atoms with Crippen molar-refractivity contribution in [2.24, 2.45) is 0 Å². The van der Waals surface area contributed by atoms with Gasteiger partial charge in [0.05, 0.1) is 11.4 Å². The average molecular weight is 244 g/mol. The number of likely N-dealkylation sites (N-methyl/N-ethyl adjacent to an activating group) is 1. The average Bonchev–Trinajstić information content (AvgIpc) is 2.83. The fourth-order valence-electron chi connectivity index (χ4n) is 3.55. The molecule has 3 heteroatoms. The number of hydrogen-bond acceptors (Lipinski definition) is 2. The van der Waals surface area contributed by atoms with Crippen LogP contribution >= 0.6 is 0 Å². The van der Waals surface area contributed by atoms with E-state index in [2.05, 4.69) is 42.3 Å². The van der Waals surface area contributed by atoms with Gasteiger partial charge in [-0.05, 0) is 38.3 Å². The summed E-state index contributed by atoms with van der Waals surface area (Å²) in [6.45, 7) is 5.09. The summed E-state index contributed by atoms with van der Waals surface area (Å²) in [4.78, 5) is 14.9. The van der Waals surface area contributed by atoms with Crippen molar-refractivity contribution >= 4 is 17.3 Å². The first kappa shape index (κ1) is 11.6. The van der Waals surface area contributed by atoms with Crippen LogP contribution in [-0.4, -0.2) is 18.0 Å². The molecule has 1 aliphatic heterocycles. The standard InChI is InChI=1S/C15H20N2O/c1-3-17-12-8-6-7-11(2)13(12)16-14(18)15(17)9-4-5-10-15/h6-8H,3-5,9-10H2,1-2H3,(H,16,18).